The van der Waals surface area contributed by atoms with Crippen LogP contribution < -0.4 is 15.0 Å². The van der Waals surface area contributed by atoms with Crippen LogP contribution in [0.1, 0.15) is 5.56 Å². The van der Waals surface area contributed by atoms with Gasteiger partial charge in [-0.15, -0.1) is 0 Å². The number of aromatic nitrogens is 2. The number of anilines is 2. The molecule has 1 saturated heterocycles. The van der Waals surface area contributed by atoms with Gasteiger partial charge in [0.2, 0.25) is 5.95 Å². The SMILES string of the molecule is COc1ccccc1CNc1nc(-c2ccccc2)cc(N2CCOCC2)n1. The smallest absolute Gasteiger partial charge is 0.225 e. The van der Waals surface area contributed by atoms with E-state index in [0.717, 1.165) is 41.5 Å². The monoisotopic (exact) mass is 376 g/mol. The average molecular weight is 376 g/mol. The summed E-state index contributed by atoms with van der Waals surface area (Å²) in [6.45, 7) is 3.68. The molecule has 28 heavy (non-hydrogen) atoms. The van der Waals surface area contributed by atoms with Crippen LogP contribution in [0, 0.1) is 0 Å². The lowest BCUT2D eigenvalue weighted by atomic mass is 10.1. The van der Waals surface area contributed by atoms with Gasteiger partial charge in [-0.25, -0.2) is 4.98 Å². The van der Waals surface area contributed by atoms with E-state index >= 15 is 0 Å². The van der Waals surface area contributed by atoms with E-state index in [-0.39, 0.29) is 0 Å². The van der Waals surface area contributed by atoms with E-state index < -0.39 is 0 Å². The molecule has 1 fully saturated rings. The summed E-state index contributed by atoms with van der Waals surface area (Å²) in [6, 6.07) is 20.2. The lowest BCUT2D eigenvalue weighted by Crippen LogP contribution is -2.36. The molecule has 3 aromatic rings. The maximum absolute atomic E-state index is 5.48. The minimum atomic E-state index is 0.588. The maximum atomic E-state index is 5.48. The van der Waals surface area contributed by atoms with E-state index in [1.165, 1.54) is 0 Å². The fourth-order valence-electron chi connectivity index (χ4n) is 3.25. The lowest BCUT2D eigenvalue weighted by molar-refractivity contribution is 0.122. The van der Waals surface area contributed by atoms with Gasteiger partial charge < -0.3 is 19.7 Å². The Morgan fingerprint density at radius 2 is 1.75 bits per heavy atom. The summed E-state index contributed by atoms with van der Waals surface area (Å²) in [4.78, 5) is 11.8. The Bertz CT molecular complexity index is 911. The van der Waals surface area contributed by atoms with Gasteiger partial charge in [-0.05, 0) is 6.07 Å². The third-order valence-corrected chi connectivity index (χ3v) is 4.75. The second-order valence-electron chi connectivity index (χ2n) is 6.57. The van der Waals surface area contributed by atoms with Crippen molar-refractivity contribution in [2.24, 2.45) is 0 Å². The van der Waals surface area contributed by atoms with E-state index in [0.29, 0.717) is 25.7 Å². The molecule has 1 N–H and O–H groups in total. The van der Waals surface area contributed by atoms with E-state index in [9.17, 15) is 0 Å². The van der Waals surface area contributed by atoms with Crippen LogP contribution >= 0.6 is 0 Å². The van der Waals surface area contributed by atoms with Crippen molar-refractivity contribution >= 4 is 11.8 Å². The second kappa shape index (κ2) is 8.71. The molecule has 1 aliphatic heterocycles. The van der Waals surface area contributed by atoms with Gasteiger partial charge in [-0.1, -0.05) is 48.5 Å². The third-order valence-electron chi connectivity index (χ3n) is 4.75. The molecule has 1 aliphatic rings. The molecule has 0 radical (unpaired) electrons. The molecule has 2 heterocycles. The molecule has 4 rings (SSSR count). The van der Waals surface area contributed by atoms with Crippen LogP contribution in [0.5, 0.6) is 5.75 Å². The number of nitrogens with zero attached hydrogens (tertiary/aromatic N) is 3. The van der Waals surface area contributed by atoms with Crippen molar-refractivity contribution in [1.82, 2.24) is 9.97 Å². The van der Waals surface area contributed by atoms with Gasteiger partial charge >= 0.3 is 0 Å². The van der Waals surface area contributed by atoms with E-state index in [4.69, 9.17) is 19.4 Å². The van der Waals surface area contributed by atoms with Crippen molar-refractivity contribution in [2.75, 3.05) is 43.6 Å². The highest BCUT2D eigenvalue weighted by Gasteiger charge is 2.16. The predicted molar refractivity (Wildman–Crippen MR) is 111 cm³/mol. The molecule has 0 aliphatic carbocycles. The Balaban J connectivity index is 1.63. The van der Waals surface area contributed by atoms with Crippen LogP contribution in [0.2, 0.25) is 0 Å². The van der Waals surface area contributed by atoms with Crippen LogP contribution in [0.4, 0.5) is 11.8 Å². The van der Waals surface area contributed by atoms with Gasteiger partial charge in [0, 0.05) is 36.8 Å². The summed E-state index contributed by atoms with van der Waals surface area (Å²) in [5.74, 6) is 2.37. The first-order chi connectivity index (χ1) is 13.8. The molecule has 6 heteroatoms. The summed E-state index contributed by atoms with van der Waals surface area (Å²) in [6.07, 6.45) is 0. The van der Waals surface area contributed by atoms with Crippen LogP contribution in [-0.2, 0) is 11.3 Å². The van der Waals surface area contributed by atoms with Gasteiger partial charge in [0.15, 0.2) is 0 Å². The number of ether oxygens (including phenoxy) is 2. The molecule has 0 bridgehead atoms. The molecule has 0 amide bonds. The molecular weight excluding hydrogens is 352 g/mol. The fourth-order valence-corrected chi connectivity index (χ4v) is 3.25. The first kappa shape index (κ1) is 18.3. The average Bonchev–Trinajstić information content (AvgIpc) is 2.79. The number of benzene rings is 2. The second-order valence-corrected chi connectivity index (χ2v) is 6.57. The predicted octanol–water partition coefficient (Wildman–Crippen LogP) is 3.60. The van der Waals surface area contributed by atoms with Crippen molar-refractivity contribution in [1.29, 1.82) is 0 Å². The Morgan fingerprint density at radius 3 is 2.54 bits per heavy atom. The number of hydrogen-bond acceptors (Lipinski definition) is 6. The summed E-state index contributed by atoms with van der Waals surface area (Å²) in [7, 11) is 1.68. The standard InChI is InChI=1S/C22H24N4O2/c1-27-20-10-6-5-9-18(20)16-23-22-24-19(17-7-3-2-4-8-17)15-21(25-22)26-11-13-28-14-12-26/h2-10,15H,11-14,16H2,1H3,(H,23,24,25). The maximum Gasteiger partial charge on any atom is 0.225 e. The number of rotatable bonds is 6. The van der Waals surface area contributed by atoms with Crippen LogP contribution in [0.3, 0.4) is 0 Å². The van der Waals surface area contributed by atoms with E-state index in [1.54, 1.807) is 7.11 Å². The summed E-state index contributed by atoms with van der Waals surface area (Å²) >= 11 is 0. The number of hydrogen-bond donors (Lipinski definition) is 1. The van der Waals surface area contributed by atoms with Crippen molar-refractivity contribution < 1.29 is 9.47 Å². The topological polar surface area (TPSA) is 59.5 Å². The van der Waals surface area contributed by atoms with Crippen molar-refractivity contribution in [3.8, 4) is 17.0 Å². The minimum Gasteiger partial charge on any atom is -0.496 e. The summed E-state index contributed by atoms with van der Waals surface area (Å²) < 4.78 is 10.9. The normalized spacial score (nSPS) is 14.0. The first-order valence-corrected chi connectivity index (χ1v) is 9.46. The zero-order valence-corrected chi connectivity index (χ0v) is 16.0. The van der Waals surface area contributed by atoms with Crippen molar-refractivity contribution in [3.63, 3.8) is 0 Å². The van der Waals surface area contributed by atoms with Gasteiger partial charge in [-0.3, -0.25) is 0 Å². The van der Waals surface area contributed by atoms with E-state index in [1.807, 2.05) is 42.5 Å². The lowest BCUT2D eigenvalue weighted by Gasteiger charge is -2.28. The van der Waals surface area contributed by atoms with Gasteiger partial charge in [0.05, 0.1) is 26.0 Å². The number of nitrogens with one attached hydrogen (secondary N) is 1. The van der Waals surface area contributed by atoms with Crippen LogP contribution in [0.15, 0.2) is 60.7 Å². The third kappa shape index (κ3) is 4.23. The van der Waals surface area contributed by atoms with Crippen molar-refractivity contribution in [3.05, 3.63) is 66.2 Å². The zero-order valence-electron chi connectivity index (χ0n) is 16.0. The Hall–Kier alpha value is -3.12. The molecule has 0 saturated carbocycles. The summed E-state index contributed by atoms with van der Waals surface area (Å²) in [5.41, 5.74) is 3.03. The highest BCUT2D eigenvalue weighted by molar-refractivity contribution is 5.65. The fraction of sp³-hybridized carbons (Fsp3) is 0.273. The Labute approximate surface area is 165 Å². The Morgan fingerprint density at radius 1 is 1.00 bits per heavy atom. The molecular formula is C22H24N4O2. The zero-order chi connectivity index (χ0) is 19.2. The van der Waals surface area contributed by atoms with Gasteiger partial charge in [0.25, 0.3) is 0 Å². The molecule has 6 nitrogen and oxygen atoms in total. The number of methoxy groups -OCH3 is 1. The molecule has 2 aromatic carbocycles. The van der Waals surface area contributed by atoms with Gasteiger partial charge in [0.1, 0.15) is 11.6 Å². The van der Waals surface area contributed by atoms with Crippen LogP contribution in [0.25, 0.3) is 11.3 Å². The molecule has 144 valence electrons. The first-order valence-electron chi connectivity index (χ1n) is 9.46. The highest BCUT2D eigenvalue weighted by atomic mass is 16.5. The van der Waals surface area contributed by atoms with Crippen molar-refractivity contribution in [2.45, 2.75) is 6.54 Å². The highest BCUT2D eigenvalue weighted by Crippen LogP contribution is 2.25. The molecule has 0 spiro atoms. The van der Waals surface area contributed by atoms with Crippen LogP contribution in [-0.4, -0.2) is 43.4 Å². The summed E-state index contributed by atoms with van der Waals surface area (Å²) in [5, 5.41) is 3.37. The van der Waals surface area contributed by atoms with E-state index in [2.05, 4.69) is 28.4 Å². The van der Waals surface area contributed by atoms with Gasteiger partial charge in [-0.2, -0.15) is 4.98 Å². The Kier molecular flexibility index (Phi) is 5.68. The number of morpholine rings is 1. The molecule has 1 aromatic heterocycles. The largest absolute Gasteiger partial charge is 0.496 e. The number of para-hydroxylation sites is 1. The molecule has 0 atom stereocenters. The molecule has 0 unspecified atom stereocenters. The minimum absolute atomic E-state index is 0.588. The quantitative estimate of drug-likeness (QED) is 0.709.